The van der Waals surface area contributed by atoms with Crippen LogP contribution in [0.4, 0.5) is 0 Å². The lowest BCUT2D eigenvalue weighted by Gasteiger charge is -2.22. The molecular formula is C17H22N2O2. The van der Waals surface area contributed by atoms with Crippen molar-refractivity contribution in [1.29, 1.82) is 0 Å². The summed E-state index contributed by atoms with van der Waals surface area (Å²) in [7, 11) is 0. The van der Waals surface area contributed by atoms with E-state index in [-0.39, 0.29) is 11.8 Å². The van der Waals surface area contributed by atoms with Crippen molar-refractivity contribution >= 4 is 12.2 Å². The lowest BCUT2D eigenvalue weighted by atomic mass is 9.94. The predicted octanol–water partition coefficient (Wildman–Crippen LogP) is 2.46. The van der Waals surface area contributed by atoms with Crippen LogP contribution in [0.3, 0.4) is 0 Å². The van der Waals surface area contributed by atoms with Crippen molar-refractivity contribution < 1.29 is 9.59 Å². The molecule has 1 unspecified atom stereocenters. The monoisotopic (exact) mass is 286 g/mol. The number of allylic oxidation sites excluding steroid dienone is 1. The van der Waals surface area contributed by atoms with Gasteiger partial charge in [-0.2, -0.15) is 0 Å². The Hall–Kier alpha value is -1.94. The molecule has 0 saturated carbocycles. The molecule has 1 heterocycles. The minimum atomic E-state index is -0.418. The van der Waals surface area contributed by atoms with Gasteiger partial charge in [0.2, 0.25) is 5.91 Å². The first kappa shape index (κ1) is 15.4. The van der Waals surface area contributed by atoms with Gasteiger partial charge in [0, 0.05) is 12.1 Å². The molecule has 1 aliphatic rings. The van der Waals surface area contributed by atoms with Gasteiger partial charge in [0.1, 0.15) is 12.3 Å². The van der Waals surface area contributed by atoms with Crippen LogP contribution in [0.5, 0.6) is 0 Å². The summed E-state index contributed by atoms with van der Waals surface area (Å²) in [6.45, 7) is 5.92. The van der Waals surface area contributed by atoms with Gasteiger partial charge in [0.25, 0.3) is 0 Å². The second kappa shape index (κ2) is 6.68. The first-order valence-corrected chi connectivity index (χ1v) is 7.39. The maximum atomic E-state index is 12.1. The molecule has 112 valence electrons. The van der Waals surface area contributed by atoms with Crippen LogP contribution in [0.15, 0.2) is 41.6 Å². The van der Waals surface area contributed by atoms with Crippen LogP contribution in [-0.4, -0.2) is 23.2 Å². The molecule has 4 heteroatoms. The standard InChI is InChI=1S/C17H22N2O2/c1-4-16(21)19-17(12(2)3)14(15(11-20)18-19)10-13-8-6-5-7-9-13/h5-9,11-12,15,18H,4,10H2,1-3H3. The largest absolute Gasteiger partial charge is 0.301 e. The minimum Gasteiger partial charge on any atom is -0.301 e. The Bertz CT molecular complexity index is 549. The number of hydrogen-bond donors (Lipinski definition) is 1. The molecule has 0 aromatic heterocycles. The fraction of sp³-hybridized carbons (Fsp3) is 0.412. The van der Waals surface area contributed by atoms with Crippen LogP contribution in [-0.2, 0) is 16.0 Å². The average Bonchev–Trinajstić information content (AvgIpc) is 2.86. The van der Waals surface area contributed by atoms with E-state index in [1.165, 1.54) is 0 Å². The van der Waals surface area contributed by atoms with Crippen LogP contribution >= 0.6 is 0 Å². The Morgan fingerprint density at radius 1 is 1.33 bits per heavy atom. The molecule has 0 bridgehead atoms. The van der Waals surface area contributed by atoms with E-state index in [1.54, 1.807) is 5.01 Å². The van der Waals surface area contributed by atoms with E-state index in [2.05, 4.69) is 5.43 Å². The fourth-order valence-electron chi connectivity index (χ4n) is 2.71. The lowest BCUT2D eigenvalue weighted by Crippen LogP contribution is -2.42. The van der Waals surface area contributed by atoms with E-state index in [9.17, 15) is 9.59 Å². The van der Waals surface area contributed by atoms with Crippen LogP contribution < -0.4 is 5.43 Å². The Morgan fingerprint density at radius 3 is 2.52 bits per heavy atom. The fourth-order valence-corrected chi connectivity index (χ4v) is 2.71. The summed E-state index contributed by atoms with van der Waals surface area (Å²) in [5, 5.41) is 1.57. The summed E-state index contributed by atoms with van der Waals surface area (Å²) in [6, 6.07) is 9.60. The molecule has 1 aromatic rings. The zero-order chi connectivity index (χ0) is 15.4. The third-order valence-corrected chi connectivity index (χ3v) is 3.69. The Labute approximate surface area is 125 Å². The van der Waals surface area contributed by atoms with Gasteiger partial charge >= 0.3 is 0 Å². The zero-order valence-corrected chi connectivity index (χ0v) is 12.8. The van der Waals surface area contributed by atoms with E-state index >= 15 is 0 Å². The highest BCUT2D eigenvalue weighted by Gasteiger charge is 2.34. The second-order valence-electron chi connectivity index (χ2n) is 5.55. The molecule has 0 saturated heterocycles. The van der Waals surface area contributed by atoms with Gasteiger partial charge in [-0.25, -0.2) is 10.4 Å². The third-order valence-electron chi connectivity index (χ3n) is 3.69. The number of carbonyl (C=O) groups is 2. The number of hydrazine groups is 1. The Balaban J connectivity index is 2.40. The number of carbonyl (C=O) groups excluding carboxylic acids is 2. The van der Waals surface area contributed by atoms with Gasteiger partial charge in [0.15, 0.2) is 0 Å². The average molecular weight is 286 g/mol. The third kappa shape index (κ3) is 3.22. The number of benzene rings is 1. The molecule has 0 aliphatic carbocycles. The maximum absolute atomic E-state index is 12.1. The summed E-state index contributed by atoms with van der Waals surface area (Å²) in [5.74, 6) is 0.172. The summed E-state index contributed by atoms with van der Waals surface area (Å²) in [5.41, 5.74) is 6.11. The molecule has 1 amide bonds. The predicted molar refractivity (Wildman–Crippen MR) is 82.1 cm³/mol. The van der Waals surface area contributed by atoms with E-state index in [1.807, 2.05) is 51.1 Å². The normalized spacial score (nSPS) is 18.5. The summed E-state index contributed by atoms with van der Waals surface area (Å²) < 4.78 is 0. The molecule has 4 nitrogen and oxygen atoms in total. The van der Waals surface area contributed by atoms with Gasteiger partial charge in [-0.15, -0.1) is 0 Å². The van der Waals surface area contributed by atoms with Crippen molar-refractivity contribution in [1.82, 2.24) is 10.4 Å². The first-order valence-electron chi connectivity index (χ1n) is 7.39. The molecule has 2 rings (SSSR count). The molecule has 0 radical (unpaired) electrons. The SMILES string of the molecule is CCC(=O)N1NC(C=O)C(Cc2ccccc2)=C1C(C)C. The molecule has 0 spiro atoms. The molecule has 1 aliphatic heterocycles. The highest BCUT2D eigenvalue weighted by atomic mass is 16.2. The minimum absolute atomic E-state index is 0.00592. The molecular weight excluding hydrogens is 264 g/mol. The van der Waals surface area contributed by atoms with Gasteiger partial charge in [-0.1, -0.05) is 51.1 Å². The number of hydrogen-bond acceptors (Lipinski definition) is 3. The van der Waals surface area contributed by atoms with Crippen molar-refractivity contribution in [3.05, 3.63) is 47.2 Å². The summed E-state index contributed by atoms with van der Waals surface area (Å²) >= 11 is 0. The number of nitrogens with zero attached hydrogens (tertiary/aromatic N) is 1. The van der Waals surface area contributed by atoms with E-state index in [4.69, 9.17) is 0 Å². The van der Waals surface area contributed by atoms with Gasteiger partial charge in [-0.05, 0) is 23.5 Å². The molecule has 1 atom stereocenters. The van der Waals surface area contributed by atoms with Crippen molar-refractivity contribution in [2.75, 3.05) is 0 Å². The Kier molecular flexibility index (Phi) is 4.91. The van der Waals surface area contributed by atoms with Gasteiger partial charge < -0.3 is 4.79 Å². The van der Waals surface area contributed by atoms with Gasteiger partial charge in [0.05, 0.1) is 0 Å². The quantitative estimate of drug-likeness (QED) is 0.846. The summed E-state index contributed by atoms with van der Waals surface area (Å²) in [4.78, 5) is 23.5. The highest BCUT2D eigenvalue weighted by Crippen LogP contribution is 2.29. The van der Waals surface area contributed by atoms with Crippen molar-refractivity contribution in [2.45, 2.75) is 39.7 Å². The van der Waals surface area contributed by atoms with E-state index in [0.717, 1.165) is 23.1 Å². The van der Waals surface area contributed by atoms with E-state index in [0.29, 0.717) is 12.8 Å². The first-order chi connectivity index (χ1) is 10.1. The van der Waals surface area contributed by atoms with Crippen molar-refractivity contribution in [3.63, 3.8) is 0 Å². The van der Waals surface area contributed by atoms with Gasteiger partial charge in [-0.3, -0.25) is 4.79 Å². The van der Waals surface area contributed by atoms with Crippen LogP contribution in [0.1, 0.15) is 32.8 Å². The topological polar surface area (TPSA) is 49.4 Å². The molecule has 0 fully saturated rings. The number of rotatable bonds is 5. The smallest absolute Gasteiger partial charge is 0.240 e. The second-order valence-corrected chi connectivity index (χ2v) is 5.55. The maximum Gasteiger partial charge on any atom is 0.240 e. The number of nitrogens with one attached hydrogen (secondary N) is 1. The number of aldehydes is 1. The van der Waals surface area contributed by atoms with Crippen LogP contribution in [0.25, 0.3) is 0 Å². The van der Waals surface area contributed by atoms with Crippen LogP contribution in [0, 0.1) is 5.92 Å². The summed E-state index contributed by atoms with van der Waals surface area (Å²) in [6.07, 6.45) is 1.97. The molecule has 1 N–H and O–H groups in total. The zero-order valence-electron chi connectivity index (χ0n) is 12.8. The highest BCUT2D eigenvalue weighted by molar-refractivity contribution is 5.80. The lowest BCUT2D eigenvalue weighted by molar-refractivity contribution is -0.131. The van der Waals surface area contributed by atoms with Crippen LogP contribution in [0.2, 0.25) is 0 Å². The van der Waals surface area contributed by atoms with E-state index < -0.39 is 6.04 Å². The van der Waals surface area contributed by atoms with Crippen molar-refractivity contribution in [2.24, 2.45) is 5.92 Å². The number of amides is 1. The Morgan fingerprint density at radius 2 is 2.00 bits per heavy atom. The molecule has 1 aromatic carbocycles. The molecule has 21 heavy (non-hydrogen) atoms. The van der Waals surface area contributed by atoms with Crippen molar-refractivity contribution in [3.8, 4) is 0 Å².